The lowest BCUT2D eigenvalue weighted by molar-refractivity contribution is -0.124. The largest absolute Gasteiger partial charge is 0.506 e. The van der Waals surface area contributed by atoms with Crippen LogP contribution >= 0.6 is 0 Å². The van der Waals surface area contributed by atoms with Gasteiger partial charge in [0, 0.05) is 13.5 Å². The van der Waals surface area contributed by atoms with Crippen LogP contribution < -0.4 is 4.90 Å². The van der Waals surface area contributed by atoms with E-state index in [1.165, 1.54) is 18.1 Å². The Labute approximate surface area is 145 Å². The number of methoxy groups -OCH3 is 1. The molecule has 1 amide bonds. The van der Waals surface area contributed by atoms with Gasteiger partial charge in [0.1, 0.15) is 5.75 Å². The van der Waals surface area contributed by atoms with Crippen LogP contribution in [0.4, 0.5) is 5.69 Å². The lowest BCUT2D eigenvalue weighted by atomic mass is 10.2. The molecular formula is C19H19NO5. The van der Waals surface area contributed by atoms with Crippen LogP contribution in [-0.2, 0) is 14.3 Å². The van der Waals surface area contributed by atoms with Crippen molar-refractivity contribution in [3.05, 3.63) is 60.2 Å². The average molecular weight is 341 g/mol. The highest BCUT2D eigenvalue weighted by Gasteiger charge is 2.43. The molecule has 1 N–H and O–H groups in total. The van der Waals surface area contributed by atoms with Crippen LogP contribution in [0.1, 0.15) is 16.8 Å². The first-order valence-corrected chi connectivity index (χ1v) is 7.98. The Morgan fingerprint density at radius 3 is 2.52 bits per heavy atom. The number of hydrogen-bond donors (Lipinski definition) is 1. The molecule has 1 aliphatic rings. The maximum absolute atomic E-state index is 12.8. The molecule has 0 aliphatic carbocycles. The second kappa shape index (κ2) is 7.36. The van der Waals surface area contributed by atoms with E-state index in [4.69, 9.17) is 9.47 Å². The zero-order valence-electron chi connectivity index (χ0n) is 13.8. The van der Waals surface area contributed by atoms with Crippen molar-refractivity contribution in [2.24, 2.45) is 0 Å². The highest BCUT2D eigenvalue weighted by molar-refractivity contribution is 6.02. The maximum atomic E-state index is 12.8. The van der Waals surface area contributed by atoms with Crippen molar-refractivity contribution in [3.63, 3.8) is 0 Å². The molecule has 1 aliphatic heterocycles. The summed E-state index contributed by atoms with van der Waals surface area (Å²) in [6.45, 7) is 0.277. The van der Waals surface area contributed by atoms with Crippen LogP contribution in [0.25, 0.3) is 0 Å². The summed E-state index contributed by atoms with van der Waals surface area (Å²) in [6.07, 6.45) is -0.605. The third-order valence-corrected chi connectivity index (χ3v) is 4.12. The minimum Gasteiger partial charge on any atom is -0.506 e. The first kappa shape index (κ1) is 17.0. The number of carbonyl (C=O) groups excluding carboxylic acids is 2. The van der Waals surface area contributed by atoms with Gasteiger partial charge in [-0.2, -0.15) is 0 Å². The lowest BCUT2D eigenvalue weighted by Gasteiger charge is -2.24. The van der Waals surface area contributed by atoms with E-state index >= 15 is 0 Å². The Kier molecular flexibility index (Phi) is 5.00. The fraction of sp³-hybridized carbons (Fsp3) is 0.263. The molecule has 2 aromatic rings. The summed E-state index contributed by atoms with van der Waals surface area (Å²) in [5.41, 5.74) is 0.771. The average Bonchev–Trinajstić information content (AvgIpc) is 2.92. The Bertz CT molecular complexity index is 761. The highest BCUT2D eigenvalue weighted by Crippen LogP contribution is 2.34. The highest BCUT2D eigenvalue weighted by atomic mass is 16.5. The smallest absolute Gasteiger partial charge is 0.338 e. The summed E-state index contributed by atoms with van der Waals surface area (Å²) in [5, 5.41) is 10.1. The van der Waals surface area contributed by atoms with Gasteiger partial charge >= 0.3 is 5.97 Å². The Morgan fingerprint density at radius 2 is 1.84 bits per heavy atom. The lowest BCUT2D eigenvalue weighted by Crippen LogP contribution is -2.37. The number of benzene rings is 2. The summed E-state index contributed by atoms with van der Waals surface area (Å²) in [6, 6.07) is 14.8. The van der Waals surface area contributed by atoms with Crippen molar-refractivity contribution in [1.29, 1.82) is 0 Å². The van der Waals surface area contributed by atoms with E-state index in [9.17, 15) is 14.7 Å². The Hall–Kier alpha value is -2.86. The zero-order chi connectivity index (χ0) is 17.8. The van der Waals surface area contributed by atoms with Crippen LogP contribution in [0, 0.1) is 0 Å². The fourth-order valence-electron chi connectivity index (χ4n) is 2.98. The standard InChI is InChI=1S/C19H19NO5/c1-24-12-14-11-17(25-19(23)13-7-3-2-4-8-13)18(22)20(14)15-9-5-6-10-16(15)21/h2-10,14,17,21H,11-12H2,1H3/t14-,17-/m1/s1. The molecule has 0 saturated carbocycles. The van der Waals surface area contributed by atoms with E-state index in [2.05, 4.69) is 0 Å². The van der Waals surface area contributed by atoms with Crippen molar-refractivity contribution in [1.82, 2.24) is 0 Å². The number of hydrogen-bond acceptors (Lipinski definition) is 5. The van der Waals surface area contributed by atoms with Gasteiger partial charge in [-0.25, -0.2) is 4.79 Å². The number of aromatic hydroxyl groups is 1. The van der Waals surface area contributed by atoms with Crippen molar-refractivity contribution in [3.8, 4) is 5.75 Å². The number of phenolic OH excluding ortho intramolecular Hbond substituents is 1. The van der Waals surface area contributed by atoms with Gasteiger partial charge in [0.2, 0.25) is 0 Å². The molecule has 2 atom stereocenters. The van der Waals surface area contributed by atoms with Crippen molar-refractivity contribution in [2.45, 2.75) is 18.6 Å². The van der Waals surface area contributed by atoms with Crippen molar-refractivity contribution < 1.29 is 24.2 Å². The van der Waals surface area contributed by atoms with Gasteiger partial charge in [-0.3, -0.25) is 4.79 Å². The topological polar surface area (TPSA) is 76.1 Å². The number of nitrogens with zero attached hydrogens (tertiary/aromatic N) is 1. The zero-order valence-corrected chi connectivity index (χ0v) is 13.8. The Morgan fingerprint density at radius 1 is 1.16 bits per heavy atom. The number of carbonyl (C=O) groups is 2. The molecule has 3 rings (SSSR count). The van der Waals surface area contributed by atoms with Gasteiger partial charge in [-0.1, -0.05) is 30.3 Å². The first-order chi connectivity index (χ1) is 12.1. The second-order valence-corrected chi connectivity index (χ2v) is 5.80. The number of esters is 1. The predicted octanol–water partition coefficient (Wildman–Crippen LogP) is 2.37. The number of ether oxygens (including phenoxy) is 2. The second-order valence-electron chi connectivity index (χ2n) is 5.80. The quantitative estimate of drug-likeness (QED) is 0.845. The van der Waals surface area contributed by atoms with E-state index in [1.807, 2.05) is 0 Å². The summed E-state index contributed by atoms with van der Waals surface area (Å²) in [4.78, 5) is 26.5. The van der Waals surface area contributed by atoms with Crippen LogP contribution in [0.2, 0.25) is 0 Å². The van der Waals surface area contributed by atoms with E-state index < -0.39 is 12.1 Å². The van der Waals surface area contributed by atoms with Gasteiger partial charge in [0.25, 0.3) is 5.91 Å². The number of para-hydroxylation sites is 2. The molecule has 1 fully saturated rings. The SMILES string of the molecule is COC[C@H]1C[C@@H](OC(=O)c2ccccc2)C(=O)N1c1ccccc1O. The summed E-state index contributed by atoms with van der Waals surface area (Å²) >= 11 is 0. The summed E-state index contributed by atoms with van der Waals surface area (Å²) < 4.78 is 10.6. The number of anilines is 1. The first-order valence-electron chi connectivity index (χ1n) is 7.98. The molecular weight excluding hydrogens is 322 g/mol. The third kappa shape index (κ3) is 3.49. The Balaban J connectivity index is 1.82. The molecule has 0 radical (unpaired) electrons. The molecule has 0 spiro atoms. The predicted molar refractivity (Wildman–Crippen MR) is 91.5 cm³/mol. The minimum atomic E-state index is -0.910. The molecule has 1 heterocycles. The summed E-state index contributed by atoms with van der Waals surface area (Å²) in [7, 11) is 1.54. The van der Waals surface area contributed by atoms with E-state index in [-0.39, 0.29) is 24.3 Å². The monoisotopic (exact) mass is 341 g/mol. The minimum absolute atomic E-state index is 0.00742. The molecule has 0 bridgehead atoms. The van der Waals surface area contributed by atoms with Gasteiger partial charge in [-0.05, 0) is 24.3 Å². The van der Waals surface area contributed by atoms with Gasteiger partial charge in [-0.15, -0.1) is 0 Å². The normalized spacial score (nSPS) is 19.9. The van der Waals surface area contributed by atoms with E-state index in [0.29, 0.717) is 17.7 Å². The van der Waals surface area contributed by atoms with Gasteiger partial charge < -0.3 is 19.5 Å². The van der Waals surface area contributed by atoms with Crippen molar-refractivity contribution in [2.75, 3.05) is 18.6 Å². The molecule has 6 heteroatoms. The van der Waals surface area contributed by atoms with Crippen LogP contribution in [-0.4, -0.2) is 42.8 Å². The number of rotatable bonds is 5. The molecule has 0 unspecified atom stereocenters. The third-order valence-electron chi connectivity index (χ3n) is 4.12. The molecule has 130 valence electrons. The summed E-state index contributed by atoms with van der Waals surface area (Å²) in [5.74, 6) is -0.922. The van der Waals surface area contributed by atoms with Crippen molar-refractivity contribution >= 4 is 17.6 Å². The van der Waals surface area contributed by atoms with Gasteiger partial charge in [0.05, 0.1) is 23.9 Å². The van der Waals surface area contributed by atoms with E-state index in [0.717, 1.165) is 0 Å². The fourth-order valence-corrected chi connectivity index (χ4v) is 2.98. The molecule has 2 aromatic carbocycles. The molecule has 0 aromatic heterocycles. The molecule has 25 heavy (non-hydrogen) atoms. The van der Waals surface area contributed by atoms with Gasteiger partial charge in [0.15, 0.2) is 6.10 Å². The van der Waals surface area contributed by atoms with Crippen LogP contribution in [0.15, 0.2) is 54.6 Å². The van der Waals surface area contributed by atoms with Crippen LogP contribution in [0.3, 0.4) is 0 Å². The molecule has 6 nitrogen and oxygen atoms in total. The van der Waals surface area contributed by atoms with E-state index in [1.54, 1.807) is 48.5 Å². The number of phenols is 1. The maximum Gasteiger partial charge on any atom is 0.338 e. The molecule has 1 saturated heterocycles. The van der Waals surface area contributed by atoms with Crippen LogP contribution in [0.5, 0.6) is 5.75 Å². The number of amides is 1.